The van der Waals surface area contributed by atoms with Crippen LogP contribution in [0.25, 0.3) is 0 Å². The van der Waals surface area contributed by atoms with Gasteiger partial charge in [0.05, 0.1) is 16.6 Å². The van der Waals surface area contributed by atoms with E-state index in [9.17, 15) is 4.79 Å². The Kier molecular flexibility index (Phi) is 3.81. The quantitative estimate of drug-likeness (QED) is 0.293. The van der Waals surface area contributed by atoms with E-state index in [2.05, 4.69) is 20.7 Å². The molecule has 0 unspecified atom stereocenters. The van der Waals surface area contributed by atoms with Crippen molar-refractivity contribution in [2.45, 2.75) is 13.3 Å². The predicted molar refractivity (Wildman–Crippen MR) is 72.7 cm³/mol. The Morgan fingerprint density at radius 1 is 1.63 bits per heavy atom. The summed E-state index contributed by atoms with van der Waals surface area (Å²) in [5, 5.41) is 20.5. The first-order valence-electron chi connectivity index (χ1n) is 5.57. The number of carbonyl (C=O) groups excluding carboxylic acids is 1. The summed E-state index contributed by atoms with van der Waals surface area (Å²) >= 11 is 1.43. The van der Waals surface area contributed by atoms with Crippen molar-refractivity contribution in [3.8, 4) is 0 Å². The molecule has 2 heterocycles. The van der Waals surface area contributed by atoms with E-state index < -0.39 is 0 Å². The topological polar surface area (TPSA) is 116 Å². The maximum absolute atomic E-state index is 12.0. The highest BCUT2D eigenvalue weighted by molar-refractivity contribution is 7.14. The molecule has 5 N–H and O–H groups in total. The van der Waals surface area contributed by atoms with Crippen LogP contribution in [0.15, 0.2) is 23.5 Å². The molecule has 0 radical (unpaired) electrons. The molecule has 0 atom stereocenters. The molecular formula is C11H13N5O2S. The fraction of sp³-hybridized carbons (Fsp3) is 0.182. The molecule has 8 heteroatoms. The second kappa shape index (κ2) is 5.53. The Hall–Kier alpha value is -2.35. The van der Waals surface area contributed by atoms with E-state index >= 15 is 0 Å². The normalized spacial score (nSPS) is 11.5. The zero-order valence-corrected chi connectivity index (χ0v) is 11.0. The highest BCUT2D eigenvalue weighted by Crippen LogP contribution is 2.19. The molecule has 100 valence electrons. The lowest BCUT2D eigenvalue weighted by Gasteiger charge is -2.03. The number of oxime groups is 1. The van der Waals surface area contributed by atoms with E-state index in [1.807, 2.05) is 13.0 Å². The number of nitrogens with zero attached hydrogens (tertiary/aromatic N) is 2. The van der Waals surface area contributed by atoms with Gasteiger partial charge < -0.3 is 16.3 Å². The lowest BCUT2D eigenvalue weighted by molar-refractivity contribution is 0.103. The van der Waals surface area contributed by atoms with Crippen LogP contribution in [0.5, 0.6) is 0 Å². The van der Waals surface area contributed by atoms with Gasteiger partial charge in [-0.2, -0.15) is 5.10 Å². The minimum atomic E-state index is -0.263. The molecule has 19 heavy (non-hydrogen) atoms. The Labute approximate surface area is 113 Å². The van der Waals surface area contributed by atoms with E-state index in [1.165, 1.54) is 17.5 Å². The van der Waals surface area contributed by atoms with Crippen molar-refractivity contribution in [1.29, 1.82) is 0 Å². The molecule has 0 spiro atoms. The maximum Gasteiger partial charge on any atom is 0.266 e. The van der Waals surface area contributed by atoms with Gasteiger partial charge in [0, 0.05) is 4.88 Å². The smallest absolute Gasteiger partial charge is 0.266 e. The summed E-state index contributed by atoms with van der Waals surface area (Å²) < 4.78 is 0. The number of carbonyl (C=O) groups is 1. The number of aryl methyl sites for hydroxylation is 1. The largest absolute Gasteiger partial charge is 0.409 e. The predicted octanol–water partition coefficient (Wildman–Crippen LogP) is 1.38. The van der Waals surface area contributed by atoms with Gasteiger partial charge in [-0.1, -0.05) is 12.1 Å². The third kappa shape index (κ3) is 2.74. The molecule has 0 bridgehead atoms. The summed E-state index contributed by atoms with van der Waals surface area (Å²) in [7, 11) is 0. The van der Waals surface area contributed by atoms with Gasteiger partial charge in [-0.3, -0.25) is 9.89 Å². The summed E-state index contributed by atoms with van der Waals surface area (Å²) in [5.41, 5.74) is 5.81. The van der Waals surface area contributed by atoms with E-state index in [0.29, 0.717) is 16.3 Å². The van der Waals surface area contributed by atoms with Crippen molar-refractivity contribution in [1.82, 2.24) is 10.2 Å². The van der Waals surface area contributed by atoms with Gasteiger partial charge in [0.2, 0.25) is 0 Å². The van der Waals surface area contributed by atoms with Crippen LogP contribution in [-0.2, 0) is 6.42 Å². The molecule has 0 aliphatic heterocycles. The Morgan fingerprint density at radius 2 is 2.42 bits per heavy atom. The summed E-state index contributed by atoms with van der Waals surface area (Å²) in [6.45, 7) is 2.03. The van der Waals surface area contributed by atoms with Crippen LogP contribution in [0.2, 0.25) is 0 Å². The monoisotopic (exact) mass is 279 g/mol. The summed E-state index contributed by atoms with van der Waals surface area (Å²) in [4.78, 5) is 13.7. The van der Waals surface area contributed by atoms with E-state index in [4.69, 9.17) is 10.9 Å². The van der Waals surface area contributed by atoms with Gasteiger partial charge in [0.25, 0.3) is 5.91 Å². The van der Waals surface area contributed by atoms with Gasteiger partial charge in [0.1, 0.15) is 5.82 Å². The van der Waals surface area contributed by atoms with Crippen molar-refractivity contribution in [3.63, 3.8) is 0 Å². The van der Waals surface area contributed by atoms with E-state index in [1.54, 1.807) is 6.07 Å². The first-order valence-corrected chi connectivity index (χ1v) is 6.38. The average Bonchev–Trinajstić information content (AvgIpc) is 3.06. The Morgan fingerprint density at radius 3 is 3.05 bits per heavy atom. The molecule has 2 aromatic rings. The third-order valence-corrected chi connectivity index (χ3v) is 3.72. The van der Waals surface area contributed by atoms with Crippen LogP contribution in [0, 0.1) is 0 Å². The SMILES string of the molecule is CCc1ccc(C(=O)Nc2[nH]ncc2C(N)=NO)s1. The van der Waals surface area contributed by atoms with Crippen LogP contribution < -0.4 is 11.1 Å². The number of hydrogen-bond donors (Lipinski definition) is 4. The molecule has 7 nitrogen and oxygen atoms in total. The van der Waals surface area contributed by atoms with Crippen molar-refractivity contribution in [2.75, 3.05) is 5.32 Å². The zero-order valence-electron chi connectivity index (χ0n) is 10.2. The number of nitrogens with two attached hydrogens (primary N) is 1. The summed E-state index contributed by atoms with van der Waals surface area (Å²) in [5.74, 6) is -0.0860. The number of H-pyrrole nitrogens is 1. The highest BCUT2D eigenvalue weighted by atomic mass is 32.1. The first-order chi connectivity index (χ1) is 9.15. The summed E-state index contributed by atoms with van der Waals surface area (Å²) in [6, 6.07) is 3.68. The zero-order chi connectivity index (χ0) is 13.8. The molecule has 0 saturated heterocycles. The lowest BCUT2D eigenvalue weighted by Crippen LogP contribution is -2.17. The maximum atomic E-state index is 12.0. The second-order valence-electron chi connectivity index (χ2n) is 3.72. The number of rotatable bonds is 4. The summed E-state index contributed by atoms with van der Waals surface area (Å²) in [6.07, 6.45) is 2.26. The number of thiophene rings is 1. The number of aromatic amines is 1. The van der Waals surface area contributed by atoms with Gasteiger partial charge >= 0.3 is 0 Å². The average molecular weight is 279 g/mol. The molecule has 1 amide bonds. The Balaban J connectivity index is 2.17. The molecule has 0 aliphatic rings. The third-order valence-electron chi connectivity index (χ3n) is 2.50. The molecule has 2 aromatic heterocycles. The van der Waals surface area contributed by atoms with E-state index in [-0.39, 0.29) is 11.7 Å². The van der Waals surface area contributed by atoms with Crippen LogP contribution in [0.1, 0.15) is 27.0 Å². The fourth-order valence-corrected chi connectivity index (χ4v) is 2.34. The van der Waals surface area contributed by atoms with Crippen molar-refractivity contribution in [2.24, 2.45) is 10.9 Å². The molecule has 0 aliphatic carbocycles. The number of nitrogens with one attached hydrogen (secondary N) is 2. The molecular weight excluding hydrogens is 266 g/mol. The van der Waals surface area contributed by atoms with E-state index in [0.717, 1.165) is 11.3 Å². The van der Waals surface area contributed by atoms with Crippen LogP contribution in [-0.4, -0.2) is 27.1 Å². The highest BCUT2D eigenvalue weighted by Gasteiger charge is 2.14. The van der Waals surface area contributed by atoms with Crippen molar-refractivity contribution < 1.29 is 10.0 Å². The van der Waals surface area contributed by atoms with Gasteiger partial charge in [0.15, 0.2) is 5.84 Å². The molecule has 0 saturated carbocycles. The van der Waals surface area contributed by atoms with Gasteiger partial charge in [-0.25, -0.2) is 0 Å². The second-order valence-corrected chi connectivity index (χ2v) is 4.89. The van der Waals surface area contributed by atoms with Crippen LogP contribution in [0.4, 0.5) is 5.82 Å². The Bertz CT molecular complexity index is 616. The van der Waals surface area contributed by atoms with Gasteiger partial charge in [-0.15, -0.1) is 11.3 Å². The number of hydrogen-bond acceptors (Lipinski definition) is 5. The molecule has 2 rings (SSSR count). The number of aromatic nitrogens is 2. The molecule has 0 fully saturated rings. The number of amidine groups is 1. The van der Waals surface area contributed by atoms with Crippen LogP contribution >= 0.6 is 11.3 Å². The lowest BCUT2D eigenvalue weighted by atomic mass is 10.3. The van der Waals surface area contributed by atoms with Crippen molar-refractivity contribution in [3.05, 3.63) is 33.6 Å². The van der Waals surface area contributed by atoms with Crippen LogP contribution in [0.3, 0.4) is 0 Å². The van der Waals surface area contributed by atoms with Gasteiger partial charge in [-0.05, 0) is 18.6 Å². The standard InChI is InChI=1S/C11H13N5O2S/c1-2-6-3-4-8(19-6)11(17)14-10-7(5-13-15-10)9(12)16-18/h3-5,18H,2H2,1H3,(H2,12,16)(H2,13,14,15,17). The fourth-order valence-electron chi connectivity index (χ4n) is 1.49. The number of amides is 1. The minimum Gasteiger partial charge on any atom is -0.409 e. The number of anilines is 1. The first kappa shape index (κ1) is 13.1. The molecule has 0 aromatic carbocycles. The minimum absolute atomic E-state index is 0.121. The van der Waals surface area contributed by atoms with Crippen molar-refractivity contribution >= 4 is 28.9 Å².